The Kier molecular flexibility index (Phi) is 3.91. The number of hydrogen-bond donors (Lipinski definition) is 1. The molecule has 0 aliphatic carbocycles. The number of halogens is 1. The van der Waals surface area contributed by atoms with Gasteiger partial charge in [0.1, 0.15) is 0 Å². The number of ether oxygens (including phenoxy) is 1. The summed E-state index contributed by atoms with van der Waals surface area (Å²) < 4.78 is 4.95. The fourth-order valence-corrected chi connectivity index (χ4v) is 1.13. The lowest BCUT2D eigenvalue weighted by Gasteiger charge is -2.18. The van der Waals surface area contributed by atoms with Gasteiger partial charge in [-0.25, -0.2) is 4.98 Å². The molecular weight excluding hydrogens is 204 g/mol. The first-order valence-corrected chi connectivity index (χ1v) is 4.51. The highest BCUT2D eigenvalue weighted by Gasteiger charge is 2.07. The normalized spacial score (nSPS) is 10.2. The second-order valence-corrected chi connectivity index (χ2v) is 3.17. The Morgan fingerprint density at radius 1 is 1.64 bits per heavy atom. The summed E-state index contributed by atoms with van der Waals surface area (Å²) in [4.78, 5) is 9.67. The Balaban J connectivity index is 2.77. The van der Waals surface area contributed by atoms with E-state index < -0.39 is 0 Å². The van der Waals surface area contributed by atoms with Crippen LogP contribution in [0.1, 0.15) is 0 Å². The van der Waals surface area contributed by atoms with E-state index in [2.05, 4.69) is 9.97 Å². The van der Waals surface area contributed by atoms with E-state index in [9.17, 15) is 0 Å². The van der Waals surface area contributed by atoms with Crippen LogP contribution in [0.3, 0.4) is 0 Å². The summed E-state index contributed by atoms with van der Waals surface area (Å²) in [6.07, 6.45) is 1.49. The van der Waals surface area contributed by atoms with Crippen molar-refractivity contribution in [1.29, 1.82) is 0 Å². The van der Waals surface area contributed by atoms with Crippen molar-refractivity contribution in [1.82, 2.24) is 9.97 Å². The number of likely N-dealkylation sites (N-methyl/N-ethyl adjacent to an activating group) is 1. The predicted octanol–water partition coefficient (Wildman–Crippen LogP) is 0.795. The summed E-state index contributed by atoms with van der Waals surface area (Å²) in [7, 11) is 3.51. The summed E-state index contributed by atoms with van der Waals surface area (Å²) in [5.41, 5.74) is 6.20. The van der Waals surface area contributed by atoms with Gasteiger partial charge in [-0.3, -0.25) is 0 Å². The lowest BCUT2D eigenvalue weighted by molar-refractivity contribution is 0.206. The van der Waals surface area contributed by atoms with Crippen molar-refractivity contribution in [3.05, 3.63) is 11.5 Å². The summed E-state index contributed by atoms with van der Waals surface area (Å²) in [5.74, 6) is 0.627. The number of methoxy groups -OCH3 is 1. The van der Waals surface area contributed by atoms with Crippen molar-refractivity contribution in [2.75, 3.05) is 37.9 Å². The van der Waals surface area contributed by atoms with Crippen LogP contribution < -0.4 is 10.6 Å². The number of anilines is 2. The number of rotatable bonds is 4. The summed E-state index contributed by atoms with van der Waals surface area (Å²) >= 11 is 5.66. The van der Waals surface area contributed by atoms with E-state index in [0.717, 1.165) is 0 Å². The minimum absolute atomic E-state index is 0.193. The van der Waals surface area contributed by atoms with Gasteiger partial charge in [0.25, 0.3) is 0 Å². The summed E-state index contributed by atoms with van der Waals surface area (Å²) in [6.45, 7) is 1.31. The van der Waals surface area contributed by atoms with Gasteiger partial charge in [0, 0.05) is 20.7 Å². The van der Waals surface area contributed by atoms with Gasteiger partial charge in [-0.2, -0.15) is 4.98 Å². The second kappa shape index (κ2) is 4.97. The van der Waals surface area contributed by atoms with Gasteiger partial charge >= 0.3 is 0 Å². The van der Waals surface area contributed by atoms with Gasteiger partial charge in [-0.1, -0.05) is 0 Å². The molecule has 1 aromatic heterocycles. The minimum atomic E-state index is 0.193. The highest BCUT2D eigenvalue weighted by molar-refractivity contribution is 6.28. The van der Waals surface area contributed by atoms with Crippen molar-refractivity contribution in [2.45, 2.75) is 0 Å². The van der Waals surface area contributed by atoms with Crippen molar-refractivity contribution in [2.24, 2.45) is 0 Å². The molecule has 0 atom stereocenters. The minimum Gasteiger partial charge on any atom is -0.394 e. The Hall–Kier alpha value is -1.07. The van der Waals surface area contributed by atoms with Crippen molar-refractivity contribution >= 4 is 23.1 Å². The number of nitrogen functional groups attached to an aromatic ring is 1. The zero-order valence-corrected chi connectivity index (χ0v) is 8.95. The highest BCUT2D eigenvalue weighted by Crippen LogP contribution is 2.19. The third kappa shape index (κ3) is 2.71. The average Bonchev–Trinajstić information content (AvgIpc) is 2.18. The van der Waals surface area contributed by atoms with Crippen molar-refractivity contribution in [3.63, 3.8) is 0 Å². The number of nitrogens with two attached hydrogens (primary N) is 1. The fraction of sp³-hybridized carbons (Fsp3) is 0.500. The zero-order chi connectivity index (χ0) is 10.6. The average molecular weight is 217 g/mol. The fourth-order valence-electron chi connectivity index (χ4n) is 1.00. The predicted molar refractivity (Wildman–Crippen MR) is 56.6 cm³/mol. The Bertz CT molecular complexity index is 307. The number of nitrogens with zero attached hydrogens (tertiary/aromatic N) is 3. The molecule has 0 bridgehead atoms. The number of aromatic nitrogens is 2. The molecule has 5 nitrogen and oxygen atoms in total. The molecule has 2 N–H and O–H groups in total. The van der Waals surface area contributed by atoms with E-state index in [0.29, 0.717) is 24.7 Å². The molecule has 0 fully saturated rings. The summed E-state index contributed by atoms with van der Waals surface area (Å²) in [6, 6.07) is 0. The largest absolute Gasteiger partial charge is 0.394 e. The van der Waals surface area contributed by atoms with E-state index in [1.807, 2.05) is 11.9 Å². The topological polar surface area (TPSA) is 64.3 Å². The van der Waals surface area contributed by atoms with Gasteiger partial charge in [0.15, 0.2) is 5.82 Å². The SMILES string of the molecule is COCCN(C)c1nc(Cl)ncc1N. The molecule has 0 spiro atoms. The Morgan fingerprint density at radius 3 is 3.00 bits per heavy atom. The van der Waals surface area contributed by atoms with Crippen LogP contribution in [0.4, 0.5) is 11.5 Å². The van der Waals surface area contributed by atoms with E-state index in [4.69, 9.17) is 22.1 Å². The van der Waals surface area contributed by atoms with Crippen molar-refractivity contribution in [3.8, 4) is 0 Å². The molecule has 1 rings (SSSR count). The first-order chi connectivity index (χ1) is 6.65. The van der Waals surface area contributed by atoms with E-state index >= 15 is 0 Å². The maximum atomic E-state index is 5.70. The molecular formula is C8H13ClN4O. The first-order valence-electron chi connectivity index (χ1n) is 4.13. The Morgan fingerprint density at radius 2 is 2.36 bits per heavy atom. The Labute approximate surface area is 87.8 Å². The maximum Gasteiger partial charge on any atom is 0.224 e. The third-order valence-corrected chi connectivity index (χ3v) is 1.94. The van der Waals surface area contributed by atoms with Gasteiger partial charge in [0.2, 0.25) is 5.28 Å². The molecule has 0 saturated heterocycles. The van der Waals surface area contributed by atoms with E-state index in [1.165, 1.54) is 6.20 Å². The van der Waals surface area contributed by atoms with Gasteiger partial charge in [0.05, 0.1) is 18.5 Å². The molecule has 0 saturated carbocycles. The van der Waals surface area contributed by atoms with Crippen LogP contribution in [0.2, 0.25) is 5.28 Å². The van der Waals surface area contributed by atoms with E-state index in [1.54, 1.807) is 7.11 Å². The molecule has 0 unspecified atom stereocenters. The smallest absolute Gasteiger partial charge is 0.224 e. The number of hydrogen-bond acceptors (Lipinski definition) is 5. The molecule has 0 aromatic carbocycles. The standard InChI is InChI=1S/C8H13ClN4O/c1-13(3-4-14-2)7-6(10)5-11-8(9)12-7/h5H,3-4,10H2,1-2H3. The highest BCUT2D eigenvalue weighted by atomic mass is 35.5. The van der Waals surface area contributed by atoms with Gasteiger partial charge in [-0.05, 0) is 11.6 Å². The first kappa shape index (κ1) is 11.0. The zero-order valence-electron chi connectivity index (χ0n) is 8.20. The van der Waals surface area contributed by atoms with Gasteiger partial charge < -0.3 is 15.4 Å². The molecule has 0 radical (unpaired) electrons. The van der Waals surface area contributed by atoms with Crippen LogP contribution in [-0.4, -0.2) is 37.3 Å². The lowest BCUT2D eigenvalue weighted by Crippen LogP contribution is -2.24. The van der Waals surface area contributed by atoms with E-state index in [-0.39, 0.29) is 5.28 Å². The summed E-state index contributed by atoms with van der Waals surface area (Å²) in [5, 5.41) is 0.193. The molecule has 14 heavy (non-hydrogen) atoms. The monoisotopic (exact) mass is 216 g/mol. The van der Waals surface area contributed by atoms with Gasteiger partial charge in [-0.15, -0.1) is 0 Å². The van der Waals surface area contributed by atoms with Crippen LogP contribution in [0, 0.1) is 0 Å². The second-order valence-electron chi connectivity index (χ2n) is 2.83. The molecule has 0 amide bonds. The van der Waals surface area contributed by atoms with Crippen LogP contribution in [0.5, 0.6) is 0 Å². The molecule has 78 valence electrons. The quantitative estimate of drug-likeness (QED) is 0.755. The molecule has 1 heterocycles. The maximum absolute atomic E-state index is 5.70. The van der Waals surface area contributed by atoms with Crippen molar-refractivity contribution < 1.29 is 4.74 Å². The molecule has 1 aromatic rings. The molecule has 0 aliphatic rings. The lowest BCUT2D eigenvalue weighted by atomic mass is 10.4. The van der Waals surface area contributed by atoms with Crippen LogP contribution in [0.15, 0.2) is 6.20 Å². The molecule has 6 heteroatoms. The van der Waals surface area contributed by atoms with Crippen LogP contribution >= 0.6 is 11.6 Å². The van der Waals surface area contributed by atoms with Crippen LogP contribution in [-0.2, 0) is 4.74 Å². The van der Waals surface area contributed by atoms with Crippen LogP contribution in [0.25, 0.3) is 0 Å². The third-order valence-electron chi connectivity index (χ3n) is 1.76. The molecule has 0 aliphatic heterocycles.